The van der Waals surface area contributed by atoms with Gasteiger partial charge in [0.2, 0.25) is 0 Å². The van der Waals surface area contributed by atoms with Gasteiger partial charge in [-0.25, -0.2) is 0 Å². The van der Waals surface area contributed by atoms with Crippen LogP contribution in [0.3, 0.4) is 0 Å². The summed E-state index contributed by atoms with van der Waals surface area (Å²) in [6.07, 6.45) is 0. The third-order valence-corrected chi connectivity index (χ3v) is 3.58. The monoisotopic (exact) mass is 376 g/mol. The molecule has 0 atom stereocenters. The van der Waals surface area contributed by atoms with Crippen LogP contribution in [0.25, 0.3) is 0 Å². The molecular formula is C14H6Br2N2O. The van der Waals surface area contributed by atoms with E-state index in [2.05, 4.69) is 44.0 Å². The molecule has 0 unspecified atom stereocenters. The van der Waals surface area contributed by atoms with Gasteiger partial charge in [0.25, 0.3) is 0 Å². The first-order chi connectivity index (χ1) is 9.13. The van der Waals surface area contributed by atoms with Crippen molar-refractivity contribution >= 4 is 31.9 Å². The summed E-state index contributed by atoms with van der Waals surface area (Å²) in [7, 11) is 0. The van der Waals surface area contributed by atoms with Gasteiger partial charge in [0.1, 0.15) is 11.5 Å². The average Bonchev–Trinajstić information content (AvgIpc) is 2.42. The fourth-order valence-corrected chi connectivity index (χ4v) is 2.34. The minimum Gasteiger partial charge on any atom is -0.455 e. The van der Waals surface area contributed by atoms with Crippen molar-refractivity contribution in [1.82, 2.24) is 0 Å². The second kappa shape index (κ2) is 5.88. The first-order valence-electron chi connectivity index (χ1n) is 5.21. The third kappa shape index (κ3) is 3.14. The van der Waals surface area contributed by atoms with Gasteiger partial charge in [0.15, 0.2) is 0 Å². The maximum absolute atomic E-state index is 8.79. The van der Waals surface area contributed by atoms with Gasteiger partial charge in [-0.3, -0.25) is 0 Å². The van der Waals surface area contributed by atoms with Crippen LogP contribution in [-0.2, 0) is 0 Å². The topological polar surface area (TPSA) is 56.8 Å². The van der Waals surface area contributed by atoms with Crippen LogP contribution in [0, 0.1) is 22.7 Å². The molecule has 0 bridgehead atoms. The minimum atomic E-state index is 0.554. The summed E-state index contributed by atoms with van der Waals surface area (Å²) in [5.41, 5.74) is 1.11. The van der Waals surface area contributed by atoms with Crippen molar-refractivity contribution in [1.29, 1.82) is 10.5 Å². The van der Waals surface area contributed by atoms with E-state index in [9.17, 15) is 0 Å². The molecule has 0 saturated heterocycles. The molecule has 0 fully saturated rings. The zero-order valence-corrected chi connectivity index (χ0v) is 12.7. The van der Waals surface area contributed by atoms with Gasteiger partial charge in [-0.15, -0.1) is 0 Å². The van der Waals surface area contributed by atoms with Crippen molar-refractivity contribution in [2.24, 2.45) is 0 Å². The number of hydrogen-bond donors (Lipinski definition) is 0. The van der Waals surface area contributed by atoms with Gasteiger partial charge in [0.05, 0.1) is 32.2 Å². The van der Waals surface area contributed by atoms with Crippen molar-refractivity contribution in [2.45, 2.75) is 0 Å². The average molecular weight is 378 g/mol. The Bertz CT molecular complexity index is 653. The van der Waals surface area contributed by atoms with Crippen LogP contribution in [-0.4, -0.2) is 0 Å². The molecule has 0 saturated carbocycles. The van der Waals surface area contributed by atoms with Crippen LogP contribution < -0.4 is 4.74 Å². The highest BCUT2D eigenvalue weighted by Crippen LogP contribution is 2.34. The van der Waals surface area contributed by atoms with E-state index in [1.807, 2.05) is 0 Å². The number of hydrogen-bond acceptors (Lipinski definition) is 3. The molecule has 3 nitrogen and oxygen atoms in total. The Morgan fingerprint density at radius 2 is 1.21 bits per heavy atom. The van der Waals surface area contributed by atoms with Crippen molar-refractivity contribution in [3.63, 3.8) is 0 Å². The van der Waals surface area contributed by atoms with Crippen molar-refractivity contribution in [2.75, 3.05) is 0 Å². The largest absolute Gasteiger partial charge is 0.455 e. The summed E-state index contributed by atoms with van der Waals surface area (Å²) in [4.78, 5) is 0. The number of halogens is 2. The molecule has 19 heavy (non-hydrogen) atoms. The fourth-order valence-electron chi connectivity index (χ4n) is 1.42. The Hall–Kier alpha value is -1.82. The van der Waals surface area contributed by atoms with E-state index in [0.717, 1.165) is 0 Å². The van der Waals surface area contributed by atoms with E-state index in [0.29, 0.717) is 31.6 Å². The van der Waals surface area contributed by atoms with Crippen LogP contribution in [0.15, 0.2) is 45.3 Å². The molecule has 2 rings (SSSR count). The maximum Gasteiger partial charge on any atom is 0.141 e. The van der Waals surface area contributed by atoms with Gasteiger partial charge in [-0.1, -0.05) is 0 Å². The van der Waals surface area contributed by atoms with Crippen molar-refractivity contribution in [3.05, 3.63) is 56.5 Å². The number of benzene rings is 2. The summed E-state index contributed by atoms with van der Waals surface area (Å²) in [6.45, 7) is 0. The van der Waals surface area contributed by atoms with Crippen LogP contribution >= 0.6 is 31.9 Å². The Morgan fingerprint density at radius 3 is 1.53 bits per heavy atom. The Balaban J connectivity index is 2.32. The van der Waals surface area contributed by atoms with Crippen LogP contribution in [0.2, 0.25) is 0 Å². The van der Waals surface area contributed by atoms with E-state index in [1.54, 1.807) is 36.4 Å². The normalized spacial score (nSPS) is 9.47. The Morgan fingerprint density at radius 1 is 0.789 bits per heavy atom. The molecule has 0 amide bonds. The van der Waals surface area contributed by atoms with Crippen molar-refractivity contribution < 1.29 is 4.74 Å². The second-order valence-electron chi connectivity index (χ2n) is 3.62. The number of nitriles is 2. The number of nitrogens with zero attached hydrogens (tertiary/aromatic N) is 2. The third-order valence-electron chi connectivity index (χ3n) is 2.34. The molecule has 92 valence electrons. The molecular weight excluding hydrogens is 372 g/mol. The van der Waals surface area contributed by atoms with Crippen LogP contribution in [0.5, 0.6) is 11.5 Å². The number of rotatable bonds is 2. The summed E-state index contributed by atoms with van der Waals surface area (Å²) in [5.74, 6) is 1.20. The van der Waals surface area contributed by atoms with Gasteiger partial charge in [-0.2, -0.15) is 10.5 Å². The molecule has 5 heteroatoms. The Labute approximate surface area is 127 Å². The summed E-state index contributed by atoms with van der Waals surface area (Å²) >= 11 is 6.71. The molecule has 2 aromatic carbocycles. The van der Waals surface area contributed by atoms with Gasteiger partial charge >= 0.3 is 0 Å². The van der Waals surface area contributed by atoms with Gasteiger partial charge < -0.3 is 4.74 Å². The molecule has 0 aromatic heterocycles. The van der Waals surface area contributed by atoms with Gasteiger partial charge in [0, 0.05) is 0 Å². The van der Waals surface area contributed by atoms with E-state index in [4.69, 9.17) is 15.3 Å². The quantitative estimate of drug-likeness (QED) is 0.758. The van der Waals surface area contributed by atoms with Crippen LogP contribution in [0.1, 0.15) is 11.1 Å². The molecule has 0 aliphatic carbocycles. The molecule has 0 N–H and O–H groups in total. The molecule has 0 heterocycles. The summed E-state index contributed by atoms with van der Waals surface area (Å²) in [5, 5.41) is 17.6. The lowest BCUT2D eigenvalue weighted by Crippen LogP contribution is -1.88. The molecule has 0 aliphatic rings. The zero-order chi connectivity index (χ0) is 13.8. The lowest BCUT2D eigenvalue weighted by molar-refractivity contribution is 0.476. The van der Waals surface area contributed by atoms with Crippen molar-refractivity contribution in [3.8, 4) is 23.6 Å². The second-order valence-corrected chi connectivity index (χ2v) is 5.32. The summed E-state index contributed by atoms with van der Waals surface area (Å²) in [6, 6.07) is 14.3. The highest BCUT2D eigenvalue weighted by Gasteiger charge is 2.07. The highest BCUT2D eigenvalue weighted by atomic mass is 79.9. The van der Waals surface area contributed by atoms with Gasteiger partial charge in [-0.05, 0) is 68.3 Å². The molecule has 2 aromatic rings. The van der Waals surface area contributed by atoms with E-state index in [1.165, 1.54) is 0 Å². The van der Waals surface area contributed by atoms with E-state index in [-0.39, 0.29) is 0 Å². The van der Waals surface area contributed by atoms with E-state index < -0.39 is 0 Å². The minimum absolute atomic E-state index is 0.554. The SMILES string of the molecule is N#Cc1ccc(Oc2ccc(C#N)cc2Br)c(Br)c1. The molecule has 0 spiro atoms. The number of ether oxygens (including phenoxy) is 1. The fraction of sp³-hybridized carbons (Fsp3) is 0. The smallest absolute Gasteiger partial charge is 0.141 e. The highest BCUT2D eigenvalue weighted by molar-refractivity contribution is 9.11. The Kier molecular flexibility index (Phi) is 4.21. The summed E-state index contributed by atoms with van der Waals surface area (Å²) < 4.78 is 7.12. The standard InChI is InChI=1S/C14H6Br2N2O/c15-11-5-9(7-17)1-3-13(11)19-14-4-2-10(8-18)6-12(14)16/h1-6H. The lowest BCUT2D eigenvalue weighted by Gasteiger charge is -2.09. The maximum atomic E-state index is 8.79. The molecule has 0 radical (unpaired) electrons. The lowest BCUT2D eigenvalue weighted by atomic mass is 10.2. The van der Waals surface area contributed by atoms with Crippen LogP contribution in [0.4, 0.5) is 0 Å². The molecule has 0 aliphatic heterocycles. The first kappa shape index (κ1) is 13.6. The van der Waals surface area contributed by atoms with E-state index >= 15 is 0 Å². The predicted molar refractivity (Wildman–Crippen MR) is 77.8 cm³/mol. The predicted octanol–water partition coefficient (Wildman–Crippen LogP) is 4.75. The zero-order valence-electron chi connectivity index (χ0n) is 9.52. The first-order valence-corrected chi connectivity index (χ1v) is 6.80.